The van der Waals surface area contributed by atoms with Gasteiger partial charge in [-0.3, -0.25) is 14.9 Å². The molecule has 92 valence electrons. The number of carbonyl (C=O) groups is 1. The first-order chi connectivity index (χ1) is 8.04. The van der Waals surface area contributed by atoms with Crippen molar-refractivity contribution in [3.63, 3.8) is 0 Å². The lowest BCUT2D eigenvalue weighted by Gasteiger charge is -2.04. The highest BCUT2D eigenvalue weighted by atomic mass is 127. The second-order valence-corrected chi connectivity index (χ2v) is 5.25. The third-order valence-corrected chi connectivity index (χ3v) is 3.17. The lowest BCUT2D eigenvalue weighted by molar-refractivity contribution is -0.385. The fourth-order valence-corrected chi connectivity index (χ4v) is 2.04. The normalized spacial score (nSPS) is 10.0. The molecule has 1 amide bonds. The minimum Gasteiger partial charge on any atom is -0.352 e. The Hall–Kier alpha value is -0.700. The summed E-state index contributed by atoms with van der Waals surface area (Å²) in [6, 6.07) is 4.19. The molecule has 5 nitrogen and oxygen atoms in total. The Balaban J connectivity index is 2.82. The van der Waals surface area contributed by atoms with Crippen LogP contribution in [0, 0.1) is 10.1 Å². The number of rotatable bonds is 5. The van der Waals surface area contributed by atoms with E-state index in [2.05, 4.69) is 43.8 Å². The van der Waals surface area contributed by atoms with Crippen molar-refractivity contribution in [2.45, 2.75) is 6.42 Å². The second kappa shape index (κ2) is 6.90. The molecular weight excluding hydrogens is 403 g/mol. The van der Waals surface area contributed by atoms with Gasteiger partial charge in [-0.15, -0.1) is 0 Å². The Morgan fingerprint density at radius 2 is 2.18 bits per heavy atom. The van der Waals surface area contributed by atoms with Crippen LogP contribution in [-0.2, 0) is 0 Å². The van der Waals surface area contributed by atoms with Crippen LogP contribution in [0.4, 0.5) is 5.69 Å². The van der Waals surface area contributed by atoms with Crippen LogP contribution in [0.25, 0.3) is 0 Å². The minimum absolute atomic E-state index is 0.0987. The molecule has 0 radical (unpaired) electrons. The van der Waals surface area contributed by atoms with E-state index < -0.39 is 4.92 Å². The molecule has 0 saturated carbocycles. The molecule has 1 aromatic carbocycles. The molecule has 1 rings (SSSR count). The van der Waals surface area contributed by atoms with Gasteiger partial charge in [-0.05, 0) is 12.5 Å². The number of nitro benzene ring substituents is 1. The highest BCUT2D eigenvalue weighted by Crippen LogP contribution is 2.21. The average Bonchev–Trinajstić information content (AvgIpc) is 2.28. The largest absolute Gasteiger partial charge is 0.352 e. The van der Waals surface area contributed by atoms with Gasteiger partial charge in [-0.2, -0.15) is 0 Å². The number of hydrogen-bond acceptors (Lipinski definition) is 3. The van der Waals surface area contributed by atoms with Crippen molar-refractivity contribution in [3.05, 3.63) is 38.3 Å². The summed E-state index contributed by atoms with van der Waals surface area (Å²) in [5, 5.41) is 13.3. The molecule has 0 atom stereocenters. The summed E-state index contributed by atoms with van der Waals surface area (Å²) in [4.78, 5) is 21.8. The van der Waals surface area contributed by atoms with E-state index in [4.69, 9.17) is 0 Å². The van der Waals surface area contributed by atoms with Gasteiger partial charge in [0.1, 0.15) is 0 Å². The Morgan fingerprint density at radius 3 is 2.76 bits per heavy atom. The number of carbonyl (C=O) groups excluding carboxylic acids is 1. The van der Waals surface area contributed by atoms with Gasteiger partial charge in [0.15, 0.2) is 0 Å². The van der Waals surface area contributed by atoms with Crippen molar-refractivity contribution < 1.29 is 9.72 Å². The van der Waals surface area contributed by atoms with E-state index in [0.717, 1.165) is 10.8 Å². The predicted octanol–water partition coefficient (Wildman–Crippen LogP) is 2.91. The van der Waals surface area contributed by atoms with E-state index in [9.17, 15) is 14.9 Å². The molecule has 0 unspecified atom stereocenters. The summed E-state index contributed by atoms with van der Waals surface area (Å²) < 4.78 is 1.47. The molecule has 0 heterocycles. The molecule has 0 aliphatic carbocycles. The lowest BCUT2D eigenvalue weighted by Crippen LogP contribution is -2.24. The van der Waals surface area contributed by atoms with E-state index >= 15 is 0 Å². The zero-order valence-electron chi connectivity index (χ0n) is 8.78. The van der Waals surface area contributed by atoms with E-state index in [-0.39, 0.29) is 11.6 Å². The maximum absolute atomic E-state index is 11.7. The molecule has 1 N–H and O–H groups in total. The number of nitrogens with zero attached hydrogens (tertiary/aromatic N) is 1. The summed E-state index contributed by atoms with van der Waals surface area (Å²) in [5.41, 5.74) is 0.193. The summed E-state index contributed by atoms with van der Waals surface area (Å²) in [6.45, 7) is 0.572. The molecule has 1 aromatic rings. The van der Waals surface area contributed by atoms with Crippen LogP contribution >= 0.6 is 38.5 Å². The van der Waals surface area contributed by atoms with Crippen molar-refractivity contribution in [2.75, 3.05) is 11.0 Å². The van der Waals surface area contributed by atoms with Gasteiger partial charge in [0, 0.05) is 33.1 Å². The van der Waals surface area contributed by atoms with E-state index in [1.165, 1.54) is 12.1 Å². The van der Waals surface area contributed by atoms with Crippen molar-refractivity contribution >= 4 is 50.1 Å². The van der Waals surface area contributed by atoms with Crippen LogP contribution in [0.1, 0.15) is 16.8 Å². The number of nitro groups is 1. The van der Waals surface area contributed by atoms with E-state index in [0.29, 0.717) is 16.6 Å². The Labute approximate surface area is 120 Å². The fourth-order valence-electron chi connectivity index (χ4n) is 1.18. The van der Waals surface area contributed by atoms with Gasteiger partial charge in [0.2, 0.25) is 0 Å². The second-order valence-electron chi connectivity index (χ2n) is 3.25. The number of nitrogens with one attached hydrogen (secondary N) is 1. The smallest absolute Gasteiger partial charge is 0.271 e. The molecule has 0 spiro atoms. The third kappa shape index (κ3) is 4.58. The van der Waals surface area contributed by atoms with Crippen LogP contribution in [0.15, 0.2) is 22.7 Å². The highest BCUT2D eigenvalue weighted by Gasteiger charge is 2.13. The predicted molar refractivity (Wildman–Crippen MR) is 76.6 cm³/mol. The fraction of sp³-hybridized carbons (Fsp3) is 0.300. The van der Waals surface area contributed by atoms with Crippen molar-refractivity contribution in [1.29, 1.82) is 0 Å². The molecule has 0 aliphatic heterocycles. The van der Waals surface area contributed by atoms with Gasteiger partial charge < -0.3 is 5.32 Å². The maximum atomic E-state index is 11.7. The molecule has 0 fully saturated rings. The Kier molecular flexibility index (Phi) is 5.83. The van der Waals surface area contributed by atoms with Crippen LogP contribution in [0.5, 0.6) is 0 Å². The zero-order valence-corrected chi connectivity index (χ0v) is 12.5. The maximum Gasteiger partial charge on any atom is 0.271 e. The molecule has 0 saturated heterocycles. The summed E-state index contributed by atoms with van der Waals surface area (Å²) in [7, 11) is 0. The Bertz CT molecular complexity index is 440. The van der Waals surface area contributed by atoms with Crippen molar-refractivity contribution in [2.24, 2.45) is 0 Å². The van der Waals surface area contributed by atoms with Crippen LogP contribution in [-0.4, -0.2) is 21.8 Å². The minimum atomic E-state index is -0.521. The first kappa shape index (κ1) is 14.4. The molecule has 7 heteroatoms. The van der Waals surface area contributed by atoms with Crippen molar-refractivity contribution in [1.82, 2.24) is 5.32 Å². The highest BCUT2D eigenvalue weighted by molar-refractivity contribution is 14.1. The zero-order chi connectivity index (χ0) is 12.8. The van der Waals surface area contributed by atoms with Crippen LogP contribution in [0.2, 0.25) is 0 Å². The van der Waals surface area contributed by atoms with Gasteiger partial charge >= 0.3 is 0 Å². The van der Waals surface area contributed by atoms with Crippen molar-refractivity contribution in [3.8, 4) is 0 Å². The van der Waals surface area contributed by atoms with Gasteiger partial charge in [-0.25, -0.2) is 0 Å². The van der Waals surface area contributed by atoms with Gasteiger partial charge in [0.25, 0.3) is 11.6 Å². The average molecular weight is 413 g/mol. The summed E-state index contributed by atoms with van der Waals surface area (Å²) in [6.07, 6.45) is 0.877. The SMILES string of the molecule is O=C(NCCCI)c1cc(Br)cc([N+](=O)[O-])c1. The number of benzene rings is 1. The first-order valence-electron chi connectivity index (χ1n) is 4.83. The number of amides is 1. The quantitative estimate of drug-likeness (QED) is 0.266. The monoisotopic (exact) mass is 412 g/mol. The number of hydrogen-bond donors (Lipinski definition) is 1. The standard InChI is InChI=1S/C10H10BrIN2O3/c11-8-4-7(5-9(6-8)14(16)17)10(15)13-3-1-2-12/h4-6H,1-3H2,(H,13,15). The summed E-state index contributed by atoms with van der Waals surface area (Å²) in [5.74, 6) is -0.292. The molecule has 0 aliphatic rings. The molecule has 0 bridgehead atoms. The van der Waals surface area contributed by atoms with Crippen LogP contribution in [0.3, 0.4) is 0 Å². The molecule has 17 heavy (non-hydrogen) atoms. The van der Waals surface area contributed by atoms with Gasteiger partial charge in [-0.1, -0.05) is 38.5 Å². The number of halogens is 2. The topological polar surface area (TPSA) is 72.2 Å². The molecule has 0 aromatic heterocycles. The lowest BCUT2D eigenvalue weighted by atomic mass is 10.2. The van der Waals surface area contributed by atoms with E-state index in [1.807, 2.05) is 0 Å². The first-order valence-corrected chi connectivity index (χ1v) is 7.15. The number of alkyl halides is 1. The third-order valence-electron chi connectivity index (χ3n) is 1.95. The van der Waals surface area contributed by atoms with Crippen LogP contribution < -0.4 is 5.32 Å². The molecular formula is C10H10BrIN2O3. The van der Waals surface area contributed by atoms with E-state index in [1.54, 1.807) is 6.07 Å². The number of non-ortho nitro benzene ring substituents is 1. The van der Waals surface area contributed by atoms with Gasteiger partial charge in [0.05, 0.1) is 4.92 Å². The summed E-state index contributed by atoms with van der Waals surface area (Å²) >= 11 is 5.37. The Morgan fingerprint density at radius 1 is 1.47 bits per heavy atom.